The summed E-state index contributed by atoms with van der Waals surface area (Å²) in [4.78, 5) is 54.1. The number of nitrogens with two attached hydrogens (primary N) is 2. The number of carbonyl (C=O) groups excluding carboxylic acids is 4. The van der Waals surface area contributed by atoms with E-state index in [0.29, 0.717) is 13.0 Å². The number of primary amides is 1. The molecule has 0 radical (unpaired) electrons. The van der Waals surface area contributed by atoms with E-state index in [4.69, 9.17) is 20.9 Å². The van der Waals surface area contributed by atoms with E-state index >= 15 is 0 Å². The maximum Gasteiger partial charge on any atom is 0.404 e. The van der Waals surface area contributed by atoms with Gasteiger partial charge >= 0.3 is 6.09 Å². The number of Topliss-reactive ketones (excluding diaryl/α,β-unsaturated/α-hetero) is 2. The number of allylic oxidation sites excluding steroid dienone is 2. The average Bonchev–Trinajstić information content (AvgIpc) is 3.27. The van der Waals surface area contributed by atoms with Crippen LogP contribution in [0.4, 0.5) is 4.79 Å². The summed E-state index contributed by atoms with van der Waals surface area (Å²) in [6.45, 7) is 3.73. The number of fused-ring (bicyclic) bond motifs is 4. The Labute approximate surface area is 186 Å². The first kappa shape index (κ1) is 22.3. The van der Waals surface area contributed by atoms with Crippen molar-refractivity contribution in [2.45, 2.75) is 63.8 Å². The molecule has 32 heavy (non-hydrogen) atoms. The molecule has 4 rings (SSSR count). The molecule has 10 heteroatoms. The van der Waals surface area contributed by atoms with E-state index in [1.807, 2.05) is 0 Å². The highest BCUT2D eigenvalue weighted by Crippen LogP contribution is 2.59. The van der Waals surface area contributed by atoms with Gasteiger partial charge in [-0.25, -0.2) is 4.79 Å². The van der Waals surface area contributed by atoms with Crippen LogP contribution in [-0.2, 0) is 23.9 Å². The van der Waals surface area contributed by atoms with Gasteiger partial charge in [0.2, 0.25) is 17.5 Å². The summed E-state index contributed by atoms with van der Waals surface area (Å²) in [6.07, 6.45) is 3.41. The Morgan fingerprint density at radius 1 is 1.19 bits per heavy atom. The molecule has 4 atom stereocenters. The summed E-state index contributed by atoms with van der Waals surface area (Å²) in [6, 6.07) is -0.495. The fraction of sp³-hybridized carbons (Fsp3) is 0.636. The standard InChI is InChI=1S/C22H30N4O6/c1-4-5-6-7-8-14(27)26-13-9-25-17-15(19(29)16(23)11(2)18(17)28)12(10-32-21(24)30)22(25,31-3)20(13)26/h12-13,20H,4-10,23H2,1-3H3,(H2,24,30)/t12-,13?,20?,22-,26?/m1/s1. The van der Waals surface area contributed by atoms with Crippen LogP contribution >= 0.6 is 0 Å². The first-order valence-electron chi connectivity index (χ1n) is 11.1. The molecule has 0 saturated carbocycles. The van der Waals surface area contributed by atoms with E-state index < -0.39 is 23.5 Å². The number of nitrogens with zero attached hydrogens (tertiary/aromatic N) is 2. The van der Waals surface area contributed by atoms with Crippen molar-refractivity contribution in [1.82, 2.24) is 9.80 Å². The highest BCUT2D eigenvalue weighted by molar-refractivity contribution is 6.25. The van der Waals surface area contributed by atoms with Gasteiger partial charge in [-0.15, -0.1) is 0 Å². The lowest BCUT2D eigenvalue weighted by Gasteiger charge is -2.41. The van der Waals surface area contributed by atoms with Gasteiger partial charge in [0, 0.05) is 31.2 Å². The van der Waals surface area contributed by atoms with Crippen LogP contribution in [0, 0.1) is 5.92 Å². The molecule has 0 aromatic rings. The number of ketones is 2. The molecule has 4 N–H and O–H groups in total. The average molecular weight is 447 g/mol. The molecule has 3 aliphatic heterocycles. The van der Waals surface area contributed by atoms with Gasteiger partial charge < -0.3 is 30.7 Å². The minimum atomic E-state index is -1.19. The zero-order valence-corrected chi connectivity index (χ0v) is 18.7. The fourth-order valence-electron chi connectivity index (χ4n) is 5.65. The van der Waals surface area contributed by atoms with Gasteiger partial charge in [0.05, 0.1) is 23.4 Å². The third kappa shape index (κ3) is 2.96. The van der Waals surface area contributed by atoms with Crippen LogP contribution < -0.4 is 11.5 Å². The van der Waals surface area contributed by atoms with Crippen molar-refractivity contribution in [3.05, 3.63) is 22.5 Å². The van der Waals surface area contributed by atoms with Crippen molar-refractivity contribution in [3.8, 4) is 0 Å². The molecular weight excluding hydrogens is 416 g/mol. The molecule has 0 aromatic carbocycles. The third-order valence-electron chi connectivity index (χ3n) is 7.22. The lowest BCUT2D eigenvalue weighted by molar-refractivity contribution is -0.153. The Balaban J connectivity index is 1.66. The summed E-state index contributed by atoms with van der Waals surface area (Å²) in [5, 5.41) is 0. The summed E-state index contributed by atoms with van der Waals surface area (Å²) in [5.74, 6) is -1.60. The van der Waals surface area contributed by atoms with Crippen molar-refractivity contribution in [3.63, 3.8) is 0 Å². The van der Waals surface area contributed by atoms with Crippen LogP contribution in [-0.4, -0.2) is 71.4 Å². The molecule has 2 amide bonds. The minimum absolute atomic E-state index is 0.0260. The highest BCUT2D eigenvalue weighted by Gasteiger charge is 2.77. The number of hydrogen-bond acceptors (Lipinski definition) is 8. The lowest BCUT2D eigenvalue weighted by Crippen LogP contribution is -2.56. The maximum atomic E-state index is 13.1. The quantitative estimate of drug-likeness (QED) is 0.312. The predicted molar refractivity (Wildman–Crippen MR) is 113 cm³/mol. The summed E-state index contributed by atoms with van der Waals surface area (Å²) in [5.41, 5.74) is 10.4. The molecule has 174 valence electrons. The Bertz CT molecular complexity index is 956. The number of piperazine rings is 1. The monoisotopic (exact) mass is 446 g/mol. The molecule has 2 fully saturated rings. The van der Waals surface area contributed by atoms with Crippen molar-refractivity contribution in [2.75, 3.05) is 20.3 Å². The second-order valence-corrected chi connectivity index (χ2v) is 8.83. The van der Waals surface area contributed by atoms with Crippen LogP contribution in [0.1, 0.15) is 46.0 Å². The molecule has 4 aliphatic rings. The molecule has 0 spiro atoms. The molecular formula is C22H30N4O6. The fourth-order valence-corrected chi connectivity index (χ4v) is 5.65. The number of unbranched alkanes of at least 4 members (excludes halogenated alkanes) is 3. The normalized spacial score (nSPS) is 30.5. The lowest BCUT2D eigenvalue weighted by atomic mass is 9.82. The number of methoxy groups -OCH3 is 1. The van der Waals surface area contributed by atoms with E-state index in [2.05, 4.69) is 6.92 Å². The van der Waals surface area contributed by atoms with E-state index in [0.717, 1.165) is 25.7 Å². The van der Waals surface area contributed by atoms with Crippen molar-refractivity contribution < 1.29 is 28.7 Å². The number of amides is 2. The van der Waals surface area contributed by atoms with Gasteiger partial charge in [0.25, 0.3) is 0 Å². The van der Waals surface area contributed by atoms with Crippen LogP contribution in [0.15, 0.2) is 22.5 Å². The van der Waals surface area contributed by atoms with Gasteiger partial charge in [0.15, 0.2) is 5.72 Å². The minimum Gasteiger partial charge on any atom is -0.449 e. The van der Waals surface area contributed by atoms with Crippen molar-refractivity contribution >= 4 is 23.6 Å². The first-order chi connectivity index (χ1) is 15.2. The molecule has 2 unspecified atom stereocenters. The summed E-state index contributed by atoms with van der Waals surface area (Å²) >= 11 is 0. The Morgan fingerprint density at radius 3 is 2.53 bits per heavy atom. The Morgan fingerprint density at radius 2 is 1.91 bits per heavy atom. The van der Waals surface area contributed by atoms with Crippen LogP contribution in [0.25, 0.3) is 0 Å². The molecule has 0 bridgehead atoms. The number of hydrogen-bond donors (Lipinski definition) is 2. The smallest absolute Gasteiger partial charge is 0.404 e. The third-order valence-corrected chi connectivity index (χ3v) is 7.22. The Hall–Kier alpha value is -2.88. The number of ether oxygens (including phenoxy) is 2. The van der Waals surface area contributed by atoms with Crippen molar-refractivity contribution in [2.24, 2.45) is 17.4 Å². The van der Waals surface area contributed by atoms with E-state index in [1.54, 1.807) is 9.80 Å². The first-order valence-corrected chi connectivity index (χ1v) is 11.1. The molecule has 0 aromatic heterocycles. The number of rotatable bonds is 8. The van der Waals surface area contributed by atoms with Crippen molar-refractivity contribution in [1.29, 1.82) is 0 Å². The molecule has 10 nitrogen and oxygen atoms in total. The zero-order valence-electron chi connectivity index (χ0n) is 18.7. The van der Waals surface area contributed by atoms with Crippen LogP contribution in [0.3, 0.4) is 0 Å². The SMILES string of the molecule is CCCCCCC(=O)N1C2CN3C4=C(C(=O)C(N)=C(C)C4=O)[C@@H](COC(N)=O)[C@@]3(OC)C21. The van der Waals surface area contributed by atoms with Crippen LogP contribution in [0.2, 0.25) is 0 Å². The number of carbonyl (C=O) groups is 4. The van der Waals surface area contributed by atoms with Gasteiger partial charge in [-0.3, -0.25) is 14.4 Å². The Kier molecular flexibility index (Phi) is 5.52. The second-order valence-electron chi connectivity index (χ2n) is 8.83. The molecule has 2 saturated heterocycles. The predicted octanol–water partition coefficient (Wildman–Crippen LogP) is 0.558. The van der Waals surface area contributed by atoms with Gasteiger partial charge in [-0.1, -0.05) is 26.2 Å². The summed E-state index contributed by atoms with van der Waals surface area (Å²) < 4.78 is 11.1. The second kappa shape index (κ2) is 7.91. The molecule has 1 aliphatic carbocycles. The topological polar surface area (TPSA) is 145 Å². The highest BCUT2D eigenvalue weighted by atomic mass is 16.6. The largest absolute Gasteiger partial charge is 0.449 e. The zero-order chi connectivity index (χ0) is 23.4. The van der Waals surface area contributed by atoms with Gasteiger partial charge in [0.1, 0.15) is 12.6 Å². The van der Waals surface area contributed by atoms with Gasteiger partial charge in [-0.2, -0.15) is 0 Å². The summed E-state index contributed by atoms with van der Waals surface area (Å²) in [7, 11) is 1.48. The van der Waals surface area contributed by atoms with E-state index in [-0.39, 0.29) is 52.9 Å². The molecule has 3 heterocycles. The van der Waals surface area contributed by atoms with E-state index in [1.165, 1.54) is 14.0 Å². The van der Waals surface area contributed by atoms with Gasteiger partial charge in [-0.05, 0) is 13.3 Å². The maximum absolute atomic E-state index is 13.1. The van der Waals surface area contributed by atoms with E-state index in [9.17, 15) is 19.2 Å². The van der Waals surface area contributed by atoms with Crippen LogP contribution in [0.5, 0.6) is 0 Å².